The third-order valence-corrected chi connectivity index (χ3v) is 3.07. The highest BCUT2D eigenvalue weighted by Crippen LogP contribution is 2.38. The zero-order chi connectivity index (χ0) is 14.5. The number of benzene rings is 2. The third kappa shape index (κ3) is 2.45. The van der Waals surface area contributed by atoms with Crippen molar-refractivity contribution < 1.29 is 19.0 Å². The Balaban J connectivity index is 2.59. The Bertz CT molecular complexity index is 620. The van der Waals surface area contributed by atoms with E-state index < -0.39 is 0 Å². The van der Waals surface area contributed by atoms with E-state index in [1.165, 1.54) is 7.11 Å². The molecule has 2 rings (SSSR count). The van der Waals surface area contributed by atoms with Gasteiger partial charge in [0, 0.05) is 5.56 Å². The topological polar surface area (TPSA) is 44.8 Å². The Hall–Kier alpha value is -2.49. The third-order valence-electron chi connectivity index (χ3n) is 3.07. The summed E-state index contributed by atoms with van der Waals surface area (Å²) in [7, 11) is 4.71. The van der Waals surface area contributed by atoms with E-state index in [0.29, 0.717) is 22.8 Å². The lowest BCUT2D eigenvalue weighted by atomic mass is 10.0. The van der Waals surface area contributed by atoms with Crippen LogP contribution in [0.2, 0.25) is 0 Å². The van der Waals surface area contributed by atoms with E-state index in [1.54, 1.807) is 26.4 Å². The summed E-state index contributed by atoms with van der Waals surface area (Å²) in [5.41, 5.74) is 2.22. The largest absolute Gasteiger partial charge is 0.496 e. The van der Waals surface area contributed by atoms with Crippen LogP contribution in [-0.4, -0.2) is 27.6 Å². The molecular formula is C16H16O4. The Morgan fingerprint density at radius 3 is 2.25 bits per heavy atom. The maximum atomic E-state index is 11.1. The molecule has 0 atom stereocenters. The minimum absolute atomic E-state index is 0.495. The average Bonchev–Trinajstić information content (AvgIpc) is 2.53. The summed E-state index contributed by atoms with van der Waals surface area (Å²) in [6.45, 7) is 0. The molecule has 4 heteroatoms. The van der Waals surface area contributed by atoms with E-state index in [0.717, 1.165) is 17.4 Å². The van der Waals surface area contributed by atoms with Crippen LogP contribution in [0.3, 0.4) is 0 Å². The van der Waals surface area contributed by atoms with Crippen molar-refractivity contribution in [3.63, 3.8) is 0 Å². The van der Waals surface area contributed by atoms with Crippen LogP contribution in [0.4, 0.5) is 0 Å². The first-order valence-corrected chi connectivity index (χ1v) is 6.09. The van der Waals surface area contributed by atoms with Crippen molar-refractivity contribution in [3.05, 3.63) is 42.0 Å². The molecule has 0 spiro atoms. The molecule has 0 saturated carbocycles. The molecule has 0 aliphatic heterocycles. The zero-order valence-electron chi connectivity index (χ0n) is 11.7. The van der Waals surface area contributed by atoms with Crippen LogP contribution < -0.4 is 14.2 Å². The maximum absolute atomic E-state index is 11.1. The Kier molecular flexibility index (Phi) is 4.25. The van der Waals surface area contributed by atoms with Crippen molar-refractivity contribution in [1.82, 2.24) is 0 Å². The van der Waals surface area contributed by atoms with Gasteiger partial charge < -0.3 is 14.2 Å². The zero-order valence-corrected chi connectivity index (χ0v) is 11.7. The Morgan fingerprint density at radius 2 is 1.65 bits per heavy atom. The molecule has 2 aromatic carbocycles. The lowest BCUT2D eigenvalue weighted by Gasteiger charge is -2.13. The number of hydrogen-bond acceptors (Lipinski definition) is 4. The minimum Gasteiger partial charge on any atom is -0.496 e. The van der Waals surface area contributed by atoms with Crippen LogP contribution >= 0.6 is 0 Å². The predicted molar refractivity (Wildman–Crippen MR) is 76.9 cm³/mol. The first-order valence-electron chi connectivity index (χ1n) is 6.09. The van der Waals surface area contributed by atoms with Gasteiger partial charge in [0.15, 0.2) is 17.8 Å². The van der Waals surface area contributed by atoms with Crippen molar-refractivity contribution in [2.24, 2.45) is 0 Å². The van der Waals surface area contributed by atoms with Gasteiger partial charge in [-0.3, -0.25) is 4.79 Å². The van der Waals surface area contributed by atoms with Crippen LogP contribution in [0.15, 0.2) is 36.4 Å². The van der Waals surface area contributed by atoms with Gasteiger partial charge in [-0.1, -0.05) is 18.2 Å². The molecule has 20 heavy (non-hydrogen) atoms. The summed E-state index contributed by atoms with van der Waals surface area (Å²) in [5, 5.41) is 0. The molecule has 0 amide bonds. The van der Waals surface area contributed by atoms with Gasteiger partial charge in [-0.25, -0.2) is 0 Å². The summed E-state index contributed by atoms with van der Waals surface area (Å²) in [6, 6.07) is 11.0. The maximum Gasteiger partial charge on any atom is 0.168 e. The second kappa shape index (κ2) is 6.10. The summed E-state index contributed by atoms with van der Waals surface area (Å²) < 4.78 is 15.8. The van der Waals surface area contributed by atoms with Crippen molar-refractivity contribution >= 4 is 6.29 Å². The SMILES string of the molecule is COc1ccc(-c2cccc(OC)c2OC)cc1C=O. The summed E-state index contributed by atoms with van der Waals surface area (Å²) >= 11 is 0. The highest BCUT2D eigenvalue weighted by Gasteiger charge is 2.13. The van der Waals surface area contributed by atoms with Crippen LogP contribution in [0.1, 0.15) is 10.4 Å². The first kappa shape index (κ1) is 13.9. The summed E-state index contributed by atoms with van der Waals surface area (Å²) in [4.78, 5) is 11.1. The predicted octanol–water partition coefficient (Wildman–Crippen LogP) is 3.19. The number of carbonyl (C=O) groups is 1. The van der Waals surface area contributed by atoms with Gasteiger partial charge in [0.2, 0.25) is 0 Å². The fraction of sp³-hybridized carbons (Fsp3) is 0.188. The number of para-hydroxylation sites is 1. The normalized spacial score (nSPS) is 9.95. The average molecular weight is 272 g/mol. The van der Waals surface area contributed by atoms with Gasteiger partial charge in [0.25, 0.3) is 0 Å². The quantitative estimate of drug-likeness (QED) is 0.784. The molecule has 0 bridgehead atoms. The van der Waals surface area contributed by atoms with Gasteiger partial charge in [-0.2, -0.15) is 0 Å². The van der Waals surface area contributed by atoms with E-state index in [4.69, 9.17) is 14.2 Å². The molecule has 0 radical (unpaired) electrons. The number of hydrogen-bond donors (Lipinski definition) is 0. The van der Waals surface area contributed by atoms with Crippen molar-refractivity contribution in [1.29, 1.82) is 0 Å². The molecule has 104 valence electrons. The smallest absolute Gasteiger partial charge is 0.168 e. The van der Waals surface area contributed by atoms with Crippen LogP contribution in [0, 0.1) is 0 Å². The van der Waals surface area contributed by atoms with E-state index in [9.17, 15) is 4.79 Å². The molecule has 4 nitrogen and oxygen atoms in total. The van der Waals surface area contributed by atoms with Crippen LogP contribution in [-0.2, 0) is 0 Å². The lowest BCUT2D eigenvalue weighted by molar-refractivity contribution is 0.112. The Morgan fingerprint density at radius 1 is 0.900 bits per heavy atom. The van der Waals surface area contributed by atoms with E-state index in [2.05, 4.69) is 0 Å². The molecule has 0 heterocycles. The van der Waals surface area contributed by atoms with Gasteiger partial charge in [-0.05, 0) is 23.8 Å². The second-order valence-electron chi connectivity index (χ2n) is 4.12. The number of ether oxygens (including phenoxy) is 3. The van der Waals surface area contributed by atoms with Crippen LogP contribution in [0.25, 0.3) is 11.1 Å². The van der Waals surface area contributed by atoms with Crippen molar-refractivity contribution in [2.45, 2.75) is 0 Å². The highest BCUT2D eigenvalue weighted by atomic mass is 16.5. The van der Waals surface area contributed by atoms with Gasteiger partial charge >= 0.3 is 0 Å². The molecule has 0 aliphatic carbocycles. The van der Waals surface area contributed by atoms with E-state index >= 15 is 0 Å². The monoisotopic (exact) mass is 272 g/mol. The van der Waals surface area contributed by atoms with Crippen molar-refractivity contribution in [2.75, 3.05) is 21.3 Å². The fourth-order valence-electron chi connectivity index (χ4n) is 2.11. The molecule has 0 N–H and O–H groups in total. The van der Waals surface area contributed by atoms with E-state index in [1.807, 2.05) is 24.3 Å². The molecular weight excluding hydrogens is 256 g/mol. The molecule has 0 fully saturated rings. The second-order valence-corrected chi connectivity index (χ2v) is 4.12. The Labute approximate surface area is 117 Å². The molecule has 0 aliphatic rings. The minimum atomic E-state index is 0.495. The van der Waals surface area contributed by atoms with Gasteiger partial charge in [0.05, 0.1) is 26.9 Å². The highest BCUT2D eigenvalue weighted by molar-refractivity contribution is 5.84. The van der Waals surface area contributed by atoms with E-state index in [-0.39, 0.29) is 0 Å². The van der Waals surface area contributed by atoms with Crippen LogP contribution in [0.5, 0.6) is 17.2 Å². The van der Waals surface area contributed by atoms with Crippen molar-refractivity contribution in [3.8, 4) is 28.4 Å². The van der Waals surface area contributed by atoms with Gasteiger partial charge in [-0.15, -0.1) is 0 Å². The number of aldehydes is 1. The number of carbonyl (C=O) groups excluding carboxylic acids is 1. The number of methoxy groups -OCH3 is 3. The molecule has 0 saturated heterocycles. The fourth-order valence-corrected chi connectivity index (χ4v) is 2.11. The molecule has 0 unspecified atom stereocenters. The summed E-state index contributed by atoms with van der Waals surface area (Å²) in [5.74, 6) is 1.83. The molecule has 2 aromatic rings. The standard InChI is InChI=1S/C16H16O4/c1-18-14-8-7-11(9-12(14)10-17)13-5-4-6-15(19-2)16(13)20-3/h4-10H,1-3H3. The molecule has 0 aromatic heterocycles. The number of rotatable bonds is 5. The first-order chi connectivity index (χ1) is 9.74. The van der Waals surface area contributed by atoms with Gasteiger partial charge in [0.1, 0.15) is 5.75 Å². The lowest BCUT2D eigenvalue weighted by Crippen LogP contribution is -1.95. The summed E-state index contributed by atoms with van der Waals surface area (Å²) in [6.07, 6.45) is 0.773.